The highest BCUT2D eigenvalue weighted by Crippen LogP contribution is 2.36. The lowest BCUT2D eigenvalue weighted by molar-refractivity contribution is -0.142. The number of nitrogens with zero attached hydrogens (tertiary/aromatic N) is 3. The lowest BCUT2D eigenvalue weighted by Gasteiger charge is -2.37. The van der Waals surface area contributed by atoms with Gasteiger partial charge in [0.15, 0.2) is 6.10 Å². The van der Waals surface area contributed by atoms with Gasteiger partial charge in [-0.25, -0.2) is 0 Å². The van der Waals surface area contributed by atoms with Gasteiger partial charge in [-0.3, -0.25) is 9.59 Å². The van der Waals surface area contributed by atoms with Crippen molar-refractivity contribution in [1.29, 1.82) is 0 Å². The van der Waals surface area contributed by atoms with Gasteiger partial charge in [-0.1, -0.05) is 47.6 Å². The van der Waals surface area contributed by atoms with Crippen molar-refractivity contribution in [2.75, 3.05) is 37.7 Å². The molecule has 164 valence electrons. The summed E-state index contributed by atoms with van der Waals surface area (Å²) < 4.78 is 16.8. The summed E-state index contributed by atoms with van der Waals surface area (Å²) in [6.45, 7) is 3.84. The van der Waals surface area contributed by atoms with E-state index in [1.54, 1.807) is 22.8 Å². The van der Waals surface area contributed by atoms with Gasteiger partial charge in [0.05, 0.1) is 25.4 Å². The average Bonchev–Trinajstić information content (AvgIpc) is 3.24. The van der Waals surface area contributed by atoms with Gasteiger partial charge in [0.2, 0.25) is 0 Å². The fourth-order valence-corrected chi connectivity index (χ4v) is 4.09. The number of benzene rings is 2. The largest absolute Gasteiger partial charge is 0.476 e. The molecule has 2 aliphatic heterocycles. The van der Waals surface area contributed by atoms with Crippen LogP contribution in [0.2, 0.25) is 0 Å². The Morgan fingerprint density at radius 3 is 2.50 bits per heavy atom. The predicted molar refractivity (Wildman–Crippen MR) is 117 cm³/mol. The summed E-state index contributed by atoms with van der Waals surface area (Å²) in [4.78, 5) is 30.3. The Hall–Kier alpha value is -3.65. The number of carbonyl (C=O) groups excluding carboxylic acids is 2. The fraction of sp³-hybridized carbons (Fsp3) is 0.292. The number of amides is 2. The highest BCUT2D eigenvalue weighted by Gasteiger charge is 2.38. The van der Waals surface area contributed by atoms with E-state index >= 15 is 0 Å². The lowest BCUT2D eigenvalue weighted by Crippen LogP contribution is -2.54. The van der Waals surface area contributed by atoms with Crippen LogP contribution in [0.25, 0.3) is 11.3 Å². The molecule has 5 rings (SSSR count). The number of rotatable bonds is 3. The van der Waals surface area contributed by atoms with E-state index in [1.165, 1.54) is 0 Å². The van der Waals surface area contributed by atoms with E-state index in [-0.39, 0.29) is 18.4 Å². The van der Waals surface area contributed by atoms with Gasteiger partial charge in [0.25, 0.3) is 11.8 Å². The molecule has 0 bridgehead atoms. The topological polar surface area (TPSA) is 85.1 Å². The van der Waals surface area contributed by atoms with E-state index in [4.69, 9.17) is 14.0 Å². The average molecular weight is 433 g/mol. The standard InChI is InChI=1S/C24H23N3O5/c1-16-21(22(25-32-16)17-7-3-2-4-8-17)24(29)27-15-20(23(28)26-11-13-30-14-12-26)31-19-10-6-5-9-18(19)27/h2-10,20H,11-15H2,1H3. The Bertz CT molecular complexity index is 1140. The number of hydrogen-bond acceptors (Lipinski definition) is 6. The predicted octanol–water partition coefficient (Wildman–Crippen LogP) is 2.92. The summed E-state index contributed by atoms with van der Waals surface area (Å²) in [5.41, 5.74) is 2.26. The number of para-hydroxylation sites is 2. The summed E-state index contributed by atoms with van der Waals surface area (Å²) in [6.07, 6.45) is -0.799. The van der Waals surface area contributed by atoms with Crippen molar-refractivity contribution < 1.29 is 23.6 Å². The van der Waals surface area contributed by atoms with Crippen LogP contribution >= 0.6 is 0 Å². The normalized spacial score (nSPS) is 18.1. The third-order valence-corrected chi connectivity index (χ3v) is 5.74. The van der Waals surface area contributed by atoms with Crippen molar-refractivity contribution >= 4 is 17.5 Å². The highest BCUT2D eigenvalue weighted by atomic mass is 16.5. The van der Waals surface area contributed by atoms with Crippen molar-refractivity contribution in [3.8, 4) is 17.0 Å². The number of carbonyl (C=O) groups is 2. The summed E-state index contributed by atoms with van der Waals surface area (Å²) >= 11 is 0. The Kier molecular flexibility index (Phi) is 5.36. The molecule has 0 aliphatic carbocycles. The molecular formula is C24H23N3O5. The molecule has 1 aromatic heterocycles. The van der Waals surface area contributed by atoms with E-state index < -0.39 is 6.10 Å². The SMILES string of the molecule is Cc1onc(-c2ccccc2)c1C(=O)N1CC(C(=O)N2CCOCC2)Oc2ccccc21. The van der Waals surface area contributed by atoms with Crippen molar-refractivity contribution in [3.05, 3.63) is 65.9 Å². The van der Waals surface area contributed by atoms with Crippen LogP contribution < -0.4 is 9.64 Å². The molecule has 0 saturated carbocycles. The van der Waals surface area contributed by atoms with Gasteiger partial charge in [-0.2, -0.15) is 0 Å². The fourth-order valence-electron chi connectivity index (χ4n) is 4.09. The molecule has 2 aliphatic rings. The van der Waals surface area contributed by atoms with Gasteiger partial charge < -0.3 is 23.8 Å². The number of anilines is 1. The maximum Gasteiger partial charge on any atom is 0.265 e. The number of hydrogen-bond donors (Lipinski definition) is 0. The highest BCUT2D eigenvalue weighted by molar-refractivity contribution is 6.11. The molecule has 1 unspecified atom stereocenters. The minimum absolute atomic E-state index is 0.102. The van der Waals surface area contributed by atoms with Gasteiger partial charge in [-0.05, 0) is 19.1 Å². The molecule has 1 saturated heterocycles. The summed E-state index contributed by atoms with van der Waals surface area (Å²) in [6, 6.07) is 16.7. The lowest BCUT2D eigenvalue weighted by atomic mass is 10.0. The molecule has 1 atom stereocenters. The van der Waals surface area contributed by atoms with E-state index in [1.807, 2.05) is 48.5 Å². The van der Waals surface area contributed by atoms with Crippen LogP contribution in [0.4, 0.5) is 5.69 Å². The first-order valence-electron chi connectivity index (χ1n) is 10.6. The molecule has 0 spiro atoms. The van der Waals surface area contributed by atoms with Crippen LogP contribution in [0.5, 0.6) is 5.75 Å². The first-order chi connectivity index (χ1) is 15.6. The molecule has 1 fully saturated rings. The van der Waals surface area contributed by atoms with Crippen molar-refractivity contribution in [1.82, 2.24) is 10.1 Å². The van der Waals surface area contributed by atoms with E-state index in [0.717, 1.165) is 5.56 Å². The second kappa shape index (κ2) is 8.47. The van der Waals surface area contributed by atoms with Crippen LogP contribution in [0, 0.1) is 6.92 Å². The van der Waals surface area contributed by atoms with Crippen LogP contribution in [0.3, 0.4) is 0 Å². The van der Waals surface area contributed by atoms with Crippen LogP contribution in [-0.2, 0) is 9.53 Å². The minimum Gasteiger partial charge on any atom is -0.476 e. The number of aryl methyl sites for hydroxylation is 1. The molecule has 0 radical (unpaired) electrons. The molecular weight excluding hydrogens is 410 g/mol. The Morgan fingerprint density at radius 2 is 1.72 bits per heavy atom. The number of morpholine rings is 1. The second-order valence-electron chi connectivity index (χ2n) is 7.76. The number of fused-ring (bicyclic) bond motifs is 1. The maximum absolute atomic E-state index is 13.8. The first kappa shape index (κ1) is 20.3. The number of ether oxygens (including phenoxy) is 2. The molecule has 8 nitrogen and oxygen atoms in total. The van der Waals surface area contributed by atoms with Crippen LogP contribution in [0.15, 0.2) is 59.1 Å². The van der Waals surface area contributed by atoms with E-state index in [2.05, 4.69) is 5.16 Å². The van der Waals surface area contributed by atoms with Crippen LogP contribution in [0.1, 0.15) is 16.1 Å². The first-order valence-corrected chi connectivity index (χ1v) is 10.6. The maximum atomic E-state index is 13.8. The van der Waals surface area contributed by atoms with Crippen LogP contribution in [-0.4, -0.2) is 60.8 Å². The smallest absolute Gasteiger partial charge is 0.265 e. The van der Waals surface area contributed by atoms with Gasteiger partial charge >= 0.3 is 0 Å². The Labute approximate surface area is 185 Å². The van der Waals surface area contributed by atoms with Crippen molar-refractivity contribution in [2.45, 2.75) is 13.0 Å². The molecule has 3 aromatic rings. The summed E-state index contributed by atoms with van der Waals surface area (Å²) in [7, 11) is 0. The van der Waals surface area contributed by atoms with E-state index in [9.17, 15) is 9.59 Å². The van der Waals surface area contributed by atoms with Crippen molar-refractivity contribution in [2.24, 2.45) is 0 Å². The summed E-state index contributed by atoms with van der Waals surface area (Å²) in [5, 5.41) is 4.14. The van der Waals surface area contributed by atoms with Gasteiger partial charge in [0.1, 0.15) is 22.8 Å². The zero-order chi connectivity index (χ0) is 22.1. The minimum atomic E-state index is -0.799. The van der Waals surface area contributed by atoms with Crippen molar-refractivity contribution in [3.63, 3.8) is 0 Å². The monoisotopic (exact) mass is 433 g/mol. The Balaban J connectivity index is 1.50. The molecule has 2 amide bonds. The quantitative estimate of drug-likeness (QED) is 0.632. The van der Waals surface area contributed by atoms with Gasteiger partial charge in [-0.15, -0.1) is 0 Å². The third-order valence-electron chi connectivity index (χ3n) is 5.74. The number of aromatic nitrogens is 1. The van der Waals surface area contributed by atoms with E-state index in [0.29, 0.717) is 54.8 Å². The molecule has 0 N–H and O–H groups in total. The molecule has 32 heavy (non-hydrogen) atoms. The third kappa shape index (κ3) is 3.62. The summed E-state index contributed by atoms with van der Waals surface area (Å²) in [5.74, 6) is 0.493. The molecule has 3 heterocycles. The van der Waals surface area contributed by atoms with Gasteiger partial charge in [0, 0.05) is 18.7 Å². The zero-order valence-electron chi connectivity index (χ0n) is 17.7. The Morgan fingerprint density at radius 1 is 1.00 bits per heavy atom. The molecule has 2 aromatic carbocycles. The zero-order valence-corrected chi connectivity index (χ0v) is 17.7. The second-order valence-corrected chi connectivity index (χ2v) is 7.76. The molecule has 8 heteroatoms.